The van der Waals surface area contributed by atoms with Gasteiger partial charge in [-0.3, -0.25) is 9.99 Å². The molecule has 2 aromatic carbocycles. The molecule has 1 fully saturated rings. The molecule has 4 N–H and O–H groups in total. The van der Waals surface area contributed by atoms with Crippen molar-refractivity contribution in [1.29, 1.82) is 5.26 Å². The molecule has 2 aliphatic rings. The molecule has 6 rings (SSSR count). The molecule has 3 heterocycles. The number of hydrazine groups is 2. The van der Waals surface area contributed by atoms with E-state index >= 15 is 0 Å². The van der Waals surface area contributed by atoms with Crippen LogP contribution in [-0.2, 0) is 0 Å². The lowest BCUT2D eigenvalue weighted by atomic mass is 10.0. The Morgan fingerprint density at radius 1 is 1.05 bits per heavy atom. The fourth-order valence-corrected chi connectivity index (χ4v) is 5.15. The summed E-state index contributed by atoms with van der Waals surface area (Å²) in [6.45, 7) is 0. The summed E-state index contributed by atoms with van der Waals surface area (Å²) in [6.07, 6.45) is 6.65. The Kier molecular flexibility index (Phi) is 6.98. The van der Waals surface area contributed by atoms with Crippen molar-refractivity contribution in [3.05, 3.63) is 98.6 Å². The summed E-state index contributed by atoms with van der Waals surface area (Å²) in [6, 6.07) is 11.8. The van der Waals surface area contributed by atoms with Gasteiger partial charge in [0, 0.05) is 41.1 Å². The lowest BCUT2D eigenvalue weighted by Gasteiger charge is -2.23. The van der Waals surface area contributed by atoms with E-state index in [2.05, 4.69) is 37.6 Å². The van der Waals surface area contributed by atoms with Gasteiger partial charge in [0.1, 0.15) is 6.07 Å². The predicted octanol–water partition coefficient (Wildman–Crippen LogP) is 6.97. The second-order valence-corrected chi connectivity index (χ2v) is 10.5. The highest BCUT2D eigenvalue weighted by atomic mass is 35.5. The Morgan fingerprint density at radius 3 is 2.62 bits per heavy atom. The van der Waals surface area contributed by atoms with Gasteiger partial charge in [-0.05, 0) is 31.0 Å². The summed E-state index contributed by atoms with van der Waals surface area (Å²) in [5.41, 5.74) is 9.51. The van der Waals surface area contributed by atoms with E-state index in [0.29, 0.717) is 43.4 Å². The summed E-state index contributed by atoms with van der Waals surface area (Å²) in [7, 11) is 0. The first-order chi connectivity index (χ1) is 19.3. The molecule has 1 atom stereocenters. The molecule has 8 nitrogen and oxygen atoms in total. The summed E-state index contributed by atoms with van der Waals surface area (Å²) in [5.74, 6) is -2.36. The quantitative estimate of drug-likeness (QED) is 0.169. The maximum Gasteiger partial charge on any atom is 0.249 e. The van der Waals surface area contributed by atoms with E-state index in [4.69, 9.17) is 34.8 Å². The molecule has 0 amide bonds. The molecule has 0 bridgehead atoms. The zero-order valence-electron chi connectivity index (χ0n) is 20.4. The Morgan fingerprint density at radius 2 is 1.88 bits per heavy atom. The Hall–Kier alpha value is -3.88. The first kappa shape index (κ1) is 26.3. The Bertz CT molecular complexity index is 1720. The van der Waals surface area contributed by atoms with Gasteiger partial charge < -0.3 is 16.1 Å². The molecule has 13 heteroatoms. The largest absolute Gasteiger partial charge is 0.373 e. The molecule has 1 aliphatic carbocycles. The number of nitrogens with one attached hydrogen (secondary N) is 4. The van der Waals surface area contributed by atoms with E-state index in [-0.39, 0.29) is 11.3 Å². The average Bonchev–Trinajstić information content (AvgIpc) is 3.68. The predicted molar refractivity (Wildman–Crippen MR) is 151 cm³/mol. The number of fused-ring (bicyclic) bond motifs is 1. The number of anilines is 3. The molecule has 40 heavy (non-hydrogen) atoms. The van der Waals surface area contributed by atoms with Gasteiger partial charge in [0.05, 0.1) is 55.5 Å². The highest BCUT2D eigenvalue weighted by molar-refractivity contribution is 6.42. The zero-order chi connectivity index (χ0) is 28.0. The van der Waals surface area contributed by atoms with Crippen molar-refractivity contribution in [1.82, 2.24) is 25.9 Å². The average molecular weight is 600 g/mol. The zero-order valence-corrected chi connectivity index (χ0v) is 22.7. The van der Waals surface area contributed by atoms with Crippen LogP contribution in [-0.4, -0.2) is 21.0 Å². The number of halogens is 5. The molecule has 2 aromatic heterocycles. The highest BCUT2D eigenvalue weighted by Crippen LogP contribution is 2.40. The van der Waals surface area contributed by atoms with Crippen LogP contribution in [0.1, 0.15) is 30.0 Å². The van der Waals surface area contributed by atoms with Crippen LogP contribution < -0.4 is 21.6 Å². The van der Waals surface area contributed by atoms with E-state index in [0.717, 1.165) is 36.4 Å². The van der Waals surface area contributed by atoms with Crippen molar-refractivity contribution in [2.75, 3.05) is 10.6 Å². The van der Waals surface area contributed by atoms with E-state index in [1.807, 2.05) is 23.3 Å². The second-order valence-electron chi connectivity index (χ2n) is 9.31. The molecule has 0 radical (unpaired) electrons. The molecule has 0 spiro atoms. The van der Waals surface area contributed by atoms with Crippen molar-refractivity contribution in [2.45, 2.75) is 24.9 Å². The first-order valence-corrected chi connectivity index (χ1v) is 13.3. The van der Waals surface area contributed by atoms with Crippen LogP contribution in [0, 0.1) is 23.1 Å². The molecule has 0 saturated heterocycles. The van der Waals surface area contributed by atoms with Crippen LogP contribution in [0.3, 0.4) is 0 Å². The fourth-order valence-electron chi connectivity index (χ4n) is 4.47. The maximum absolute atomic E-state index is 13.9. The van der Waals surface area contributed by atoms with Gasteiger partial charge in [0.15, 0.2) is 5.82 Å². The monoisotopic (exact) mass is 598 g/mol. The number of hydrogen-bond acceptors (Lipinski definition) is 8. The molecular formula is C27H19Cl3F2N8. The van der Waals surface area contributed by atoms with Crippen LogP contribution >= 0.6 is 34.8 Å². The Balaban J connectivity index is 1.44. The minimum absolute atomic E-state index is 0.146. The normalized spacial score (nSPS) is 15.4. The van der Waals surface area contributed by atoms with Gasteiger partial charge in [-0.15, -0.1) is 5.53 Å². The molecule has 4 aromatic rings. The molecule has 1 saturated carbocycles. The lowest BCUT2D eigenvalue weighted by Crippen LogP contribution is -2.38. The summed E-state index contributed by atoms with van der Waals surface area (Å²) >= 11 is 19.7. The number of nitriles is 1. The summed E-state index contributed by atoms with van der Waals surface area (Å²) < 4.78 is 27.3. The number of hydrogen-bond donors (Lipinski definition) is 4. The SMILES string of the molecule is N#Cc1cnc2c(Cl)cc(N[C@H](C3=CN(C4CC4)NN3)c3cccc(Cl)c3Cl)cc2c1Nc1cnc(F)c(F)c1. The summed E-state index contributed by atoms with van der Waals surface area (Å²) in [5, 5.41) is 19.8. The number of aromatic nitrogens is 2. The molecule has 1 aliphatic heterocycles. The molecule has 202 valence electrons. The minimum atomic E-state index is -1.23. The van der Waals surface area contributed by atoms with E-state index in [1.165, 1.54) is 6.20 Å². The maximum atomic E-state index is 13.9. The number of nitrogens with zero attached hydrogens (tertiary/aromatic N) is 4. The third-order valence-corrected chi connectivity index (χ3v) is 7.69. The van der Waals surface area contributed by atoms with Gasteiger partial charge in [0.25, 0.3) is 0 Å². The van der Waals surface area contributed by atoms with E-state index < -0.39 is 17.8 Å². The van der Waals surface area contributed by atoms with Crippen molar-refractivity contribution in [3.8, 4) is 6.07 Å². The van der Waals surface area contributed by atoms with Crippen LogP contribution in [0.2, 0.25) is 15.1 Å². The number of rotatable bonds is 7. The number of benzene rings is 2. The highest BCUT2D eigenvalue weighted by Gasteiger charge is 2.33. The molecular weight excluding hydrogens is 581 g/mol. The number of pyridine rings is 2. The van der Waals surface area contributed by atoms with Crippen molar-refractivity contribution in [2.24, 2.45) is 0 Å². The van der Waals surface area contributed by atoms with Crippen molar-refractivity contribution >= 4 is 62.8 Å². The third kappa shape index (κ3) is 5.05. The van der Waals surface area contributed by atoms with Crippen molar-refractivity contribution < 1.29 is 8.78 Å². The van der Waals surface area contributed by atoms with Gasteiger partial charge in [-0.25, -0.2) is 9.37 Å². The smallest absolute Gasteiger partial charge is 0.249 e. The van der Waals surface area contributed by atoms with Gasteiger partial charge >= 0.3 is 0 Å². The first-order valence-electron chi connectivity index (χ1n) is 12.1. The van der Waals surface area contributed by atoms with Gasteiger partial charge in [-0.1, -0.05) is 46.9 Å². The van der Waals surface area contributed by atoms with Gasteiger partial charge in [-0.2, -0.15) is 9.65 Å². The fraction of sp³-hybridized carbons (Fsp3) is 0.148. The van der Waals surface area contributed by atoms with Crippen LogP contribution in [0.4, 0.5) is 25.8 Å². The van der Waals surface area contributed by atoms with Gasteiger partial charge in [0.2, 0.25) is 5.95 Å². The van der Waals surface area contributed by atoms with Crippen LogP contribution in [0.5, 0.6) is 0 Å². The van der Waals surface area contributed by atoms with E-state index in [9.17, 15) is 14.0 Å². The standard InChI is InChI=1S/C27H19Cl3F2N8/c28-19-3-1-2-17(23(19)30)26(22-12-40(39-38-22)16-4-5-16)36-14-6-18-24(37-15-8-21(31)27(32)35-11-15)13(9-33)10-34-25(18)20(29)7-14/h1-3,6-8,10-12,16,26,36,38-39H,4-5H2,(H,34,37)/t26-/m0/s1. The minimum Gasteiger partial charge on any atom is -0.373 e. The van der Waals surface area contributed by atoms with Crippen molar-refractivity contribution in [3.63, 3.8) is 0 Å². The van der Waals surface area contributed by atoms with E-state index in [1.54, 1.807) is 18.2 Å². The lowest BCUT2D eigenvalue weighted by molar-refractivity contribution is 0.260. The van der Waals surface area contributed by atoms with Crippen LogP contribution in [0.25, 0.3) is 10.9 Å². The summed E-state index contributed by atoms with van der Waals surface area (Å²) in [4.78, 5) is 7.77. The molecule has 0 unspecified atom stereocenters. The topological polar surface area (TPSA) is 101 Å². The third-order valence-electron chi connectivity index (χ3n) is 6.57. The van der Waals surface area contributed by atoms with Crippen LogP contribution in [0.15, 0.2) is 60.7 Å². The second kappa shape index (κ2) is 10.6. The Labute approximate surface area is 242 Å².